The number of H-pyrrole nitrogens is 1. The number of benzene rings is 2. The number of rotatable bonds is 9. The highest BCUT2D eigenvalue weighted by atomic mass is 32.2. The lowest BCUT2D eigenvalue weighted by Crippen LogP contribution is -2.34. The fourth-order valence-electron chi connectivity index (χ4n) is 3.56. The van der Waals surface area contributed by atoms with Crippen molar-refractivity contribution in [1.29, 1.82) is 0 Å². The molecule has 2 aromatic carbocycles. The lowest BCUT2D eigenvalue weighted by molar-refractivity contribution is 0.356. The predicted molar refractivity (Wildman–Crippen MR) is 127 cm³/mol. The molecule has 1 heterocycles. The van der Waals surface area contributed by atoms with Gasteiger partial charge >= 0.3 is 0 Å². The maximum Gasteiger partial charge on any atom is 0.232 e. The Labute approximate surface area is 187 Å². The Morgan fingerprint density at radius 2 is 1.78 bits per heavy atom. The number of fused-ring (bicyclic) bond motifs is 1. The van der Waals surface area contributed by atoms with Gasteiger partial charge in [0.1, 0.15) is 0 Å². The second-order valence-electron chi connectivity index (χ2n) is 7.15. The Bertz CT molecular complexity index is 1230. The number of anilines is 1. The minimum atomic E-state index is -3.44. The number of aromatic amines is 1. The van der Waals surface area contributed by atoms with Crippen LogP contribution in [0.3, 0.4) is 0 Å². The van der Waals surface area contributed by atoms with E-state index in [0.29, 0.717) is 46.1 Å². The van der Waals surface area contributed by atoms with Crippen molar-refractivity contribution in [2.45, 2.75) is 13.3 Å². The van der Waals surface area contributed by atoms with Gasteiger partial charge in [0.2, 0.25) is 10.0 Å². The Hall–Kier alpha value is -3.24. The second-order valence-corrected chi connectivity index (χ2v) is 9.06. The smallest absolute Gasteiger partial charge is 0.232 e. The summed E-state index contributed by atoms with van der Waals surface area (Å²) in [5.74, 6) is 1.09. The molecule has 0 unspecified atom stereocenters. The van der Waals surface area contributed by atoms with E-state index in [9.17, 15) is 13.5 Å². The Kier molecular flexibility index (Phi) is 6.95. The van der Waals surface area contributed by atoms with Crippen molar-refractivity contribution in [1.82, 2.24) is 4.98 Å². The molecule has 0 radical (unpaired) electrons. The maximum absolute atomic E-state index is 12.0. The van der Waals surface area contributed by atoms with E-state index in [1.165, 1.54) is 4.31 Å². The number of nitrogens with zero attached hydrogens (tertiary/aromatic N) is 2. The van der Waals surface area contributed by atoms with Gasteiger partial charge in [-0.3, -0.25) is 9.30 Å². The summed E-state index contributed by atoms with van der Waals surface area (Å²) in [5.41, 5.74) is 8.63. The van der Waals surface area contributed by atoms with Crippen LogP contribution in [0.5, 0.6) is 17.4 Å². The third-order valence-corrected chi connectivity index (χ3v) is 6.23. The number of ether oxygens (including phenoxy) is 2. The van der Waals surface area contributed by atoms with Crippen LogP contribution in [-0.2, 0) is 10.0 Å². The van der Waals surface area contributed by atoms with Crippen LogP contribution in [0.1, 0.15) is 18.9 Å². The molecular formula is C22H28N4O5S. The standard InChI is InChI=1S/C22H28N4O5S/c1-5-17(21-16-12-19(30-2)20(31-3)13-18(16)25-22(21)27)24-14-6-8-15(9-7-14)26(11-10-23)32(4,28)29/h6-9,12-13,25,27H,5,10-11,23H2,1-4H3. The summed E-state index contributed by atoms with van der Waals surface area (Å²) in [5, 5.41) is 11.4. The minimum absolute atomic E-state index is 0.00118. The van der Waals surface area contributed by atoms with E-state index in [4.69, 9.17) is 20.2 Å². The first kappa shape index (κ1) is 23.4. The van der Waals surface area contributed by atoms with Crippen molar-refractivity contribution in [3.05, 3.63) is 42.0 Å². The molecule has 9 nitrogen and oxygen atoms in total. The van der Waals surface area contributed by atoms with E-state index in [2.05, 4.69) is 4.98 Å². The van der Waals surface area contributed by atoms with Crippen LogP contribution in [0.25, 0.3) is 10.9 Å². The third-order valence-electron chi connectivity index (χ3n) is 5.04. The zero-order chi connectivity index (χ0) is 23.5. The molecule has 0 aliphatic rings. The molecular weight excluding hydrogens is 432 g/mol. The molecule has 0 aliphatic carbocycles. The van der Waals surface area contributed by atoms with Crippen molar-refractivity contribution in [3.8, 4) is 17.4 Å². The lowest BCUT2D eigenvalue weighted by Gasteiger charge is -2.21. The molecule has 0 spiro atoms. The summed E-state index contributed by atoms with van der Waals surface area (Å²) >= 11 is 0. The highest BCUT2D eigenvalue weighted by molar-refractivity contribution is 7.92. The molecule has 32 heavy (non-hydrogen) atoms. The van der Waals surface area contributed by atoms with E-state index in [1.807, 2.05) is 6.92 Å². The van der Waals surface area contributed by atoms with Crippen molar-refractivity contribution in [2.24, 2.45) is 10.7 Å². The average molecular weight is 461 g/mol. The quantitative estimate of drug-likeness (QED) is 0.421. The van der Waals surface area contributed by atoms with Gasteiger partial charge in [-0.05, 0) is 36.8 Å². The number of aliphatic imine (C=N–C) groups is 1. The number of aromatic hydroxyl groups is 1. The van der Waals surface area contributed by atoms with Gasteiger partial charge in [0, 0.05) is 24.5 Å². The Morgan fingerprint density at radius 1 is 1.16 bits per heavy atom. The summed E-state index contributed by atoms with van der Waals surface area (Å²) < 4.78 is 36.1. The number of nitrogens with one attached hydrogen (secondary N) is 1. The van der Waals surface area contributed by atoms with E-state index >= 15 is 0 Å². The van der Waals surface area contributed by atoms with E-state index in [0.717, 1.165) is 11.6 Å². The molecule has 0 bridgehead atoms. The van der Waals surface area contributed by atoms with Gasteiger partial charge in [-0.1, -0.05) is 6.92 Å². The van der Waals surface area contributed by atoms with Gasteiger partial charge < -0.3 is 25.3 Å². The van der Waals surface area contributed by atoms with E-state index < -0.39 is 10.0 Å². The molecule has 0 fully saturated rings. The van der Waals surface area contributed by atoms with Crippen LogP contribution in [0.15, 0.2) is 41.4 Å². The second kappa shape index (κ2) is 9.49. The molecule has 0 saturated heterocycles. The van der Waals surface area contributed by atoms with Crippen LogP contribution in [0.2, 0.25) is 0 Å². The number of nitrogens with two attached hydrogens (primary N) is 1. The van der Waals surface area contributed by atoms with Gasteiger partial charge in [-0.25, -0.2) is 8.42 Å². The largest absolute Gasteiger partial charge is 0.494 e. The fourth-order valence-corrected chi connectivity index (χ4v) is 4.51. The summed E-state index contributed by atoms with van der Waals surface area (Å²) in [7, 11) is -0.338. The number of aromatic nitrogens is 1. The average Bonchev–Trinajstić information content (AvgIpc) is 3.09. The van der Waals surface area contributed by atoms with Crippen molar-refractivity contribution < 1.29 is 23.0 Å². The number of hydrogen-bond acceptors (Lipinski definition) is 7. The molecule has 0 amide bonds. The van der Waals surface area contributed by atoms with Crippen molar-refractivity contribution in [3.63, 3.8) is 0 Å². The maximum atomic E-state index is 12.0. The van der Waals surface area contributed by atoms with Crippen LogP contribution in [0.4, 0.5) is 11.4 Å². The predicted octanol–water partition coefficient (Wildman–Crippen LogP) is 3.15. The van der Waals surface area contributed by atoms with Gasteiger partial charge in [-0.15, -0.1) is 0 Å². The fraction of sp³-hybridized carbons (Fsp3) is 0.318. The number of hydrogen-bond donors (Lipinski definition) is 3. The van der Waals surface area contributed by atoms with Crippen molar-refractivity contribution >= 4 is 38.0 Å². The van der Waals surface area contributed by atoms with E-state index in [1.54, 1.807) is 50.6 Å². The molecule has 3 aromatic rings. The van der Waals surface area contributed by atoms with Crippen LogP contribution >= 0.6 is 0 Å². The Balaban J connectivity index is 2.04. The molecule has 172 valence electrons. The zero-order valence-corrected chi connectivity index (χ0v) is 19.4. The lowest BCUT2D eigenvalue weighted by atomic mass is 10.1. The summed E-state index contributed by atoms with van der Waals surface area (Å²) in [6, 6.07) is 10.4. The molecule has 10 heteroatoms. The molecule has 4 N–H and O–H groups in total. The topological polar surface area (TPSA) is 130 Å². The Morgan fingerprint density at radius 3 is 2.31 bits per heavy atom. The third kappa shape index (κ3) is 4.66. The van der Waals surface area contributed by atoms with Gasteiger partial charge in [0.25, 0.3) is 0 Å². The monoisotopic (exact) mass is 460 g/mol. The molecule has 1 aromatic heterocycles. The first-order chi connectivity index (χ1) is 15.2. The highest BCUT2D eigenvalue weighted by Gasteiger charge is 2.19. The van der Waals surface area contributed by atoms with Crippen LogP contribution in [-0.4, -0.2) is 57.8 Å². The summed E-state index contributed by atoms with van der Waals surface area (Å²) in [6.45, 7) is 2.34. The van der Waals surface area contributed by atoms with E-state index in [-0.39, 0.29) is 19.0 Å². The summed E-state index contributed by atoms with van der Waals surface area (Å²) in [4.78, 5) is 7.67. The zero-order valence-electron chi connectivity index (χ0n) is 18.5. The van der Waals surface area contributed by atoms with Gasteiger partial charge in [0.15, 0.2) is 17.4 Å². The number of methoxy groups -OCH3 is 2. The molecule has 3 rings (SSSR count). The first-order valence-corrected chi connectivity index (χ1v) is 11.9. The van der Waals surface area contributed by atoms with Crippen LogP contribution in [0, 0.1) is 0 Å². The van der Waals surface area contributed by atoms with Gasteiger partial charge in [0.05, 0.1) is 48.6 Å². The normalized spacial score (nSPS) is 12.2. The summed E-state index contributed by atoms with van der Waals surface area (Å²) in [6.07, 6.45) is 1.70. The first-order valence-electron chi connectivity index (χ1n) is 10.1. The molecule has 0 saturated carbocycles. The van der Waals surface area contributed by atoms with Crippen molar-refractivity contribution in [2.75, 3.05) is 37.9 Å². The molecule has 0 aliphatic heterocycles. The van der Waals surface area contributed by atoms with Crippen LogP contribution < -0.4 is 19.5 Å². The SMILES string of the molecule is CCC(=Nc1ccc(N(CCN)S(C)(=O)=O)cc1)c1c(O)[nH]c2cc(OC)c(OC)cc12. The molecule has 0 atom stereocenters. The number of sulfonamides is 1. The minimum Gasteiger partial charge on any atom is -0.494 e. The van der Waals surface area contributed by atoms with Gasteiger partial charge in [-0.2, -0.15) is 0 Å². The highest BCUT2D eigenvalue weighted by Crippen LogP contribution is 2.37.